The van der Waals surface area contributed by atoms with Crippen LogP contribution < -0.4 is 10.6 Å². The minimum absolute atomic E-state index is 0.103. The molecule has 28 heavy (non-hydrogen) atoms. The third-order valence-corrected chi connectivity index (χ3v) is 3.70. The van der Waals surface area contributed by atoms with Crippen LogP contribution in [0, 0.1) is 5.82 Å². The number of nitrogens with zero attached hydrogens (tertiary/aromatic N) is 1. The fourth-order valence-corrected chi connectivity index (χ4v) is 2.52. The largest absolute Gasteiger partial charge is 0.444 e. The molecule has 0 spiro atoms. The van der Waals surface area contributed by atoms with Crippen molar-refractivity contribution in [3.8, 4) is 0 Å². The van der Waals surface area contributed by atoms with Crippen molar-refractivity contribution in [2.24, 2.45) is 0 Å². The van der Waals surface area contributed by atoms with Crippen LogP contribution in [0.4, 0.5) is 20.6 Å². The molecule has 0 fully saturated rings. The van der Waals surface area contributed by atoms with Gasteiger partial charge >= 0.3 is 6.09 Å². The third kappa shape index (κ3) is 4.82. The number of benzene rings is 2. The summed E-state index contributed by atoms with van der Waals surface area (Å²) in [5.41, 5.74) is 0.464. The van der Waals surface area contributed by atoms with Crippen LogP contribution in [0.15, 0.2) is 54.6 Å². The van der Waals surface area contributed by atoms with E-state index in [1.165, 1.54) is 12.1 Å². The molecule has 3 aromatic rings. The Balaban J connectivity index is 1.83. The molecule has 7 heteroatoms. The van der Waals surface area contributed by atoms with E-state index in [2.05, 4.69) is 15.6 Å². The van der Waals surface area contributed by atoms with Crippen LogP contribution in [-0.2, 0) is 4.74 Å². The minimum Gasteiger partial charge on any atom is -0.444 e. The number of carbonyl (C=O) groups is 2. The Labute approximate surface area is 161 Å². The summed E-state index contributed by atoms with van der Waals surface area (Å²) >= 11 is 0. The second-order valence-corrected chi connectivity index (χ2v) is 7.16. The van der Waals surface area contributed by atoms with Gasteiger partial charge in [-0.1, -0.05) is 24.3 Å². The molecule has 1 heterocycles. The normalized spacial score (nSPS) is 11.1. The maximum atomic E-state index is 13.7. The molecule has 3 rings (SSSR count). The van der Waals surface area contributed by atoms with Gasteiger partial charge in [-0.25, -0.2) is 14.2 Å². The molecule has 1 aromatic heterocycles. The van der Waals surface area contributed by atoms with Crippen LogP contribution in [0.2, 0.25) is 0 Å². The van der Waals surface area contributed by atoms with Crippen molar-refractivity contribution in [3.63, 3.8) is 0 Å². The van der Waals surface area contributed by atoms with Gasteiger partial charge in [0.2, 0.25) is 0 Å². The van der Waals surface area contributed by atoms with Gasteiger partial charge in [0.25, 0.3) is 5.91 Å². The number of ether oxygens (including phenoxy) is 1. The molecule has 0 aliphatic rings. The molecule has 2 amide bonds. The van der Waals surface area contributed by atoms with E-state index < -0.39 is 23.4 Å². The second-order valence-electron chi connectivity index (χ2n) is 7.16. The van der Waals surface area contributed by atoms with E-state index in [-0.39, 0.29) is 17.1 Å². The van der Waals surface area contributed by atoms with Crippen LogP contribution in [0.25, 0.3) is 10.9 Å². The number of nitrogens with one attached hydrogen (secondary N) is 2. The first-order valence-electron chi connectivity index (χ1n) is 8.68. The number of amides is 2. The van der Waals surface area contributed by atoms with Gasteiger partial charge in [0.1, 0.15) is 17.1 Å². The van der Waals surface area contributed by atoms with Crippen molar-refractivity contribution < 1.29 is 18.7 Å². The summed E-state index contributed by atoms with van der Waals surface area (Å²) < 4.78 is 18.9. The molecule has 2 aromatic carbocycles. The zero-order chi connectivity index (χ0) is 20.3. The van der Waals surface area contributed by atoms with Crippen LogP contribution in [0.1, 0.15) is 31.3 Å². The predicted molar refractivity (Wildman–Crippen MR) is 106 cm³/mol. The maximum Gasteiger partial charge on any atom is 0.412 e. The summed E-state index contributed by atoms with van der Waals surface area (Å²) in [7, 11) is 0. The average Bonchev–Trinajstić information content (AvgIpc) is 2.62. The minimum atomic E-state index is -0.710. The maximum absolute atomic E-state index is 13.7. The summed E-state index contributed by atoms with van der Waals surface area (Å²) in [5.74, 6) is -1.08. The number of fused-ring (bicyclic) bond motifs is 1. The molecule has 0 atom stereocenters. The molecule has 0 saturated heterocycles. The monoisotopic (exact) mass is 381 g/mol. The van der Waals surface area contributed by atoms with Crippen LogP contribution >= 0.6 is 0 Å². The zero-order valence-electron chi connectivity index (χ0n) is 15.7. The summed E-state index contributed by atoms with van der Waals surface area (Å²) in [6, 6.07) is 14.4. The molecule has 0 bridgehead atoms. The van der Waals surface area contributed by atoms with E-state index in [0.29, 0.717) is 5.52 Å². The van der Waals surface area contributed by atoms with E-state index in [1.807, 2.05) is 18.2 Å². The van der Waals surface area contributed by atoms with Crippen molar-refractivity contribution in [3.05, 3.63) is 66.1 Å². The molecule has 6 nitrogen and oxygen atoms in total. The highest BCUT2D eigenvalue weighted by atomic mass is 19.1. The fraction of sp³-hybridized carbons (Fsp3) is 0.190. The lowest BCUT2D eigenvalue weighted by atomic mass is 10.2. The standard InChI is InChI=1S/C21H20FN3O3/c1-21(2,3)28-20(27)25-16-11-9-14(22)12-18(16)24-19(26)17-10-8-13-6-4-5-7-15(13)23-17/h4-12H,1-3H3,(H,24,26)(H,25,27). The number of pyridine rings is 1. The van der Waals surface area contributed by atoms with E-state index >= 15 is 0 Å². The Morgan fingerprint density at radius 3 is 2.46 bits per heavy atom. The average molecular weight is 381 g/mol. The highest BCUT2D eigenvalue weighted by molar-refractivity contribution is 6.06. The SMILES string of the molecule is CC(C)(C)OC(=O)Nc1ccc(F)cc1NC(=O)c1ccc2ccccc2n1. The van der Waals surface area contributed by atoms with E-state index in [1.54, 1.807) is 39.0 Å². The number of para-hydroxylation sites is 1. The quantitative estimate of drug-likeness (QED) is 0.671. The Bertz CT molecular complexity index is 1040. The van der Waals surface area contributed by atoms with Crippen molar-refractivity contribution in [2.45, 2.75) is 26.4 Å². The number of rotatable bonds is 3. The fourth-order valence-electron chi connectivity index (χ4n) is 2.52. The predicted octanol–water partition coefficient (Wildman–Crippen LogP) is 4.97. The van der Waals surface area contributed by atoms with Gasteiger partial charge in [-0.05, 0) is 51.1 Å². The Morgan fingerprint density at radius 2 is 1.71 bits per heavy atom. The number of aromatic nitrogens is 1. The molecular formula is C21H20FN3O3. The second kappa shape index (κ2) is 7.64. The number of halogens is 1. The first-order valence-corrected chi connectivity index (χ1v) is 8.68. The van der Waals surface area contributed by atoms with Gasteiger partial charge in [-0.2, -0.15) is 0 Å². The van der Waals surface area contributed by atoms with Crippen molar-refractivity contribution in [1.29, 1.82) is 0 Å². The molecule has 144 valence electrons. The van der Waals surface area contributed by atoms with E-state index in [9.17, 15) is 14.0 Å². The van der Waals surface area contributed by atoms with Gasteiger partial charge < -0.3 is 10.1 Å². The first kappa shape index (κ1) is 19.3. The Morgan fingerprint density at radius 1 is 0.964 bits per heavy atom. The van der Waals surface area contributed by atoms with Crippen LogP contribution in [-0.4, -0.2) is 22.6 Å². The summed E-state index contributed by atoms with van der Waals surface area (Å²) in [5, 5.41) is 6.01. The van der Waals surface area contributed by atoms with E-state index in [0.717, 1.165) is 11.5 Å². The van der Waals surface area contributed by atoms with Gasteiger partial charge in [-0.3, -0.25) is 10.1 Å². The lowest BCUT2D eigenvalue weighted by Gasteiger charge is -2.20. The van der Waals surface area contributed by atoms with Gasteiger partial charge in [0, 0.05) is 5.39 Å². The van der Waals surface area contributed by atoms with Crippen molar-refractivity contribution >= 4 is 34.3 Å². The molecule has 0 radical (unpaired) electrons. The highest BCUT2D eigenvalue weighted by Crippen LogP contribution is 2.24. The summed E-state index contributed by atoms with van der Waals surface area (Å²) in [6.45, 7) is 5.18. The van der Waals surface area contributed by atoms with Crippen LogP contribution in [0.3, 0.4) is 0 Å². The number of hydrogen-bond acceptors (Lipinski definition) is 4. The van der Waals surface area contributed by atoms with Crippen molar-refractivity contribution in [1.82, 2.24) is 4.98 Å². The third-order valence-electron chi connectivity index (χ3n) is 3.70. The number of anilines is 2. The van der Waals surface area contributed by atoms with Gasteiger partial charge in [0.15, 0.2) is 0 Å². The van der Waals surface area contributed by atoms with Crippen LogP contribution in [0.5, 0.6) is 0 Å². The molecule has 0 aliphatic heterocycles. The smallest absolute Gasteiger partial charge is 0.412 e. The highest BCUT2D eigenvalue weighted by Gasteiger charge is 2.18. The molecule has 0 saturated carbocycles. The number of carbonyl (C=O) groups excluding carboxylic acids is 2. The molecule has 0 unspecified atom stereocenters. The first-order chi connectivity index (χ1) is 13.2. The molecule has 2 N–H and O–H groups in total. The van der Waals surface area contributed by atoms with Gasteiger partial charge in [-0.15, -0.1) is 0 Å². The topological polar surface area (TPSA) is 80.3 Å². The lowest BCUT2D eigenvalue weighted by Crippen LogP contribution is -2.27. The zero-order valence-corrected chi connectivity index (χ0v) is 15.7. The number of hydrogen-bond donors (Lipinski definition) is 2. The Hall–Kier alpha value is -3.48. The molecular weight excluding hydrogens is 361 g/mol. The molecule has 0 aliphatic carbocycles. The summed E-state index contributed by atoms with van der Waals surface area (Å²) in [4.78, 5) is 28.9. The summed E-state index contributed by atoms with van der Waals surface area (Å²) in [6.07, 6.45) is -0.710. The van der Waals surface area contributed by atoms with Crippen molar-refractivity contribution in [2.75, 3.05) is 10.6 Å². The Kier molecular flexibility index (Phi) is 5.26. The van der Waals surface area contributed by atoms with E-state index in [4.69, 9.17) is 4.74 Å². The lowest BCUT2D eigenvalue weighted by molar-refractivity contribution is 0.0635. The van der Waals surface area contributed by atoms with Gasteiger partial charge in [0.05, 0.1) is 16.9 Å².